The summed E-state index contributed by atoms with van der Waals surface area (Å²) < 4.78 is 10.6. The van der Waals surface area contributed by atoms with Crippen LogP contribution in [0, 0.1) is 0 Å². The molecular weight excluding hydrogens is 448 g/mol. The Labute approximate surface area is 202 Å². The number of benzene rings is 3. The van der Waals surface area contributed by atoms with E-state index in [1.807, 2.05) is 0 Å². The maximum absolute atomic E-state index is 13.3. The van der Waals surface area contributed by atoms with Crippen LogP contribution in [0.15, 0.2) is 78.4 Å². The largest absolute Gasteiger partial charge is 0.507 e. The molecule has 0 aromatic heterocycles. The van der Waals surface area contributed by atoms with Crippen LogP contribution < -0.4 is 19.7 Å². The molecule has 35 heavy (non-hydrogen) atoms. The number of methoxy groups -OCH3 is 2. The second-order valence-electron chi connectivity index (χ2n) is 7.87. The Morgan fingerprint density at radius 3 is 2.17 bits per heavy atom. The van der Waals surface area contributed by atoms with Crippen molar-refractivity contribution in [1.82, 2.24) is 0 Å². The molecule has 1 fully saturated rings. The number of aliphatic hydroxyl groups is 1. The van der Waals surface area contributed by atoms with Crippen LogP contribution in [0.3, 0.4) is 0 Å². The molecule has 0 aliphatic carbocycles. The van der Waals surface area contributed by atoms with Crippen LogP contribution >= 0.6 is 0 Å². The molecule has 178 valence electrons. The number of anilines is 2. The highest BCUT2D eigenvalue weighted by molar-refractivity contribution is 6.51. The zero-order valence-corrected chi connectivity index (χ0v) is 19.4. The fraction of sp³-hybridized carbons (Fsp3) is 0.148. The fourth-order valence-electron chi connectivity index (χ4n) is 4.09. The molecule has 1 saturated heterocycles. The highest BCUT2D eigenvalue weighted by Crippen LogP contribution is 2.43. The van der Waals surface area contributed by atoms with Gasteiger partial charge in [0, 0.05) is 18.3 Å². The van der Waals surface area contributed by atoms with E-state index in [-0.39, 0.29) is 17.2 Å². The van der Waals surface area contributed by atoms with Gasteiger partial charge in [-0.1, -0.05) is 24.3 Å². The maximum Gasteiger partial charge on any atom is 0.300 e. The number of hydrogen-bond donors (Lipinski definition) is 2. The number of carbonyl (C=O) groups excluding carboxylic acids is 3. The van der Waals surface area contributed by atoms with Crippen molar-refractivity contribution in [3.63, 3.8) is 0 Å². The van der Waals surface area contributed by atoms with Gasteiger partial charge < -0.3 is 19.9 Å². The van der Waals surface area contributed by atoms with Crippen molar-refractivity contribution in [3.05, 3.63) is 89.5 Å². The van der Waals surface area contributed by atoms with Crippen LogP contribution in [-0.4, -0.2) is 36.9 Å². The number of hydrogen-bond acceptors (Lipinski definition) is 6. The summed E-state index contributed by atoms with van der Waals surface area (Å²) in [5.41, 5.74) is 1.82. The van der Waals surface area contributed by atoms with E-state index in [9.17, 15) is 19.5 Å². The quantitative estimate of drug-likeness (QED) is 0.315. The van der Waals surface area contributed by atoms with E-state index in [1.165, 1.54) is 18.9 Å². The van der Waals surface area contributed by atoms with Gasteiger partial charge in [-0.3, -0.25) is 19.3 Å². The van der Waals surface area contributed by atoms with E-state index in [4.69, 9.17) is 9.47 Å². The molecule has 1 aliphatic heterocycles. The third-order valence-electron chi connectivity index (χ3n) is 5.70. The number of para-hydroxylation sites is 1. The number of carbonyl (C=O) groups is 3. The smallest absolute Gasteiger partial charge is 0.300 e. The SMILES string of the molecule is COc1ccc(C2/C(=C(/O)c3ccccc3OC)C(=O)C(=O)N2c2ccc(NC(C)=O)cc2)cc1. The maximum atomic E-state index is 13.3. The zero-order valence-electron chi connectivity index (χ0n) is 19.4. The molecule has 2 amide bonds. The summed E-state index contributed by atoms with van der Waals surface area (Å²) in [4.78, 5) is 39.3. The van der Waals surface area contributed by atoms with Gasteiger partial charge in [-0.25, -0.2) is 0 Å². The number of ketones is 1. The molecule has 3 aromatic rings. The minimum atomic E-state index is -0.905. The van der Waals surface area contributed by atoms with Gasteiger partial charge in [-0.2, -0.15) is 0 Å². The van der Waals surface area contributed by atoms with Gasteiger partial charge in [0.1, 0.15) is 17.3 Å². The average Bonchev–Trinajstić information content (AvgIpc) is 3.14. The van der Waals surface area contributed by atoms with E-state index in [0.29, 0.717) is 34.0 Å². The van der Waals surface area contributed by atoms with Crippen molar-refractivity contribution in [3.8, 4) is 11.5 Å². The van der Waals surface area contributed by atoms with Crippen molar-refractivity contribution in [2.45, 2.75) is 13.0 Å². The number of amides is 2. The molecule has 3 aromatic carbocycles. The average molecular weight is 472 g/mol. The van der Waals surface area contributed by atoms with Crippen molar-refractivity contribution < 1.29 is 29.0 Å². The fourth-order valence-corrected chi connectivity index (χ4v) is 4.09. The highest BCUT2D eigenvalue weighted by atomic mass is 16.5. The van der Waals surface area contributed by atoms with Gasteiger partial charge in [0.15, 0.2) is 0 Å². The lowest BCUT2D eigenvalue weighted by molar-refractivity contribution is -0.132. The number of rotatable bonds is 6. The molecule has 0 radical (unpaired) electrons. The summed E-state index contributed by atoms with van der Waals surface area (Å²) >= 11 is 0. The van der Waals surface area contributed by atoms with Gasteiger partial charge in [0.25, 0.3) is 11.7 Å². The number of aliphatic hydroxyl groups excluding tert-OH is 1. The van der Waals surface area contributed by atoms with E-state index in [1.54, 1.807) is 79.9 Å². The Balaban J connectivity index is 1.89. The summed E-state index contributed by atoms with van der Waals surface area (Å²) in [5.74, 6) is -1.19. The van der Waals surface area contributed by atoms with Crippen LogP contribution in [-0.2, 0) is 14.4 Å². The Bertz CT molecular complexity index is 1310. The second kappa shape index (κ2) is 9.72. The van der Waals surface area contributed by atoms with E-state index in [0.717, 1.165) is 0 Å². The Hall–Kier alpha value is -4.59. The molecule has 8 heteroatoms. The van der Waals surface area contributed by atoms with Crippen molar-refractivity contribution in [2.24, 2.45) is 0 Å². The van der Waals surface area contributed by atoms with Crippen molar-refractivity contribution in [2.75, 3.05) is 24.4 Å². The highest BCUT2D eigenvalue weighted by Gasteiger charge is 2.47. The van der Waals surface area contributed by atoms with Crippen molar-refractivity contribution >= 4 is 34.7 Å². The predicted molar refractivity (Wildman–Crippen MR) is 132 cm³/mol. The van der Waals surface area contributed by atoms with Crippen LogP contribution in [0.5, 0.6) is 11.5 Å². The molecule has 1 aliphatic rings. The van der Waals surface area contributed by atoms with Gasteiger partial charge >= 0.3 is 0 Å². The lowest BCUT2D eigenvalue weighted by Crippen LogP contribution is -2.29. The van der Waals surface area contributed by atoms with Crippen molar-refractivity contribution in [1.29, 1.82) is 0 Å². The minimum absolute atomic E-state index is 0.0596. The summed E-state index contributed by atoms with van der Waals surface area (Å²) in [7, 11) is 3.00. The number of ether oxygens (including phenoxy) is 2. The molecule has 1 heterocycles. The van der Waals surface area contributed by atoms with Crippen LogP contribution in [0.4, 0.5) is 11.4 Å². The predicted octanol–water partition coefficient (Wildman–Crippen LogP) is 4.29. The summed E-state index contributed by atoms with van der Waals surface area (Å²) in [5, 5.41) is 14.0. The first-order valence-corrected chi connectivity index (χ1v) is 10.8. The Kier molecular flexibility index (Phi) is 6.55. The van der Waals surface area contributed by atoms with E-state index >= 15 is 0 Å². The molecule has 0 saturated carbocycles. The summed E-state index contributed by atoms with van der Waals surface area (Å²) in [6.07, 6.45) is 0. The van der Waals surface area contributed by atoms with E-state index in [2.05, 4.69) is 5.32 Å². The summed E-state index contributed by atoms with van der Waals surface area (Å²) in [6.45, 7) is 1.40. The number of nitrogens with zero attached hydrogens (tertiary/aromatic N) is 1. The lowest BCUT2D eigenvalue weighted by atomic mass is 9.94. The molecule has 2 N–H and O–H groups in total. The molecule has 8 nitrogen and oxygen atoms in total. The van der Waals surface area contributed by atoms with E-state index < -0.39 is 17.7 Å². The molecule has 0 bridgehead atoms. The first-order chi connectivity index (χ1) is 16.8. The minimum Gasteiger partial charge on any atom is -0.507 e. The standard InChI is InChI=1S/C27H24N2O6/c1-16(30)28-18-10-12-19(13-11-18)29-24(17-8-14-20(34-2)15-9-17)23(26(32)27(29)33)25(31)21-6-4-5-7-22(21)35-3/h4-15,24,31H,1-3H3,(H,28,30)/b25-23-. The van der Waals surface area contributed by atoms with Gasteiger partial charge in [0.05, 0.1) is 31.4 Å². The first kappa shape index (κ1) is 23.6. The number of Topliss-reactive ketones (excluding diaryl/α,β-unsaturated/α-hetero) is 1. The molecule has 0 spiro atoms. The zero-order chi connectivity index (χ0) is 25.1. The normalized spacial score (nSPS) is 16.8. The summed E-state index contributed by atoms with van der Waals surface area (Å²) in [6, 6.07) is 19.3. The lowest BCUT2D eigenvalue weighted by Gasteiger charge is -2.26. The number of nitrogens with one attached hydrogen (secondary N) is 1. The third kappa shape index (κ3) is 4.46. The second-order valence-corrected chi connectivity index (χ2v) is 7.87. The van der Waals surface area contributed by atoms with Crippen LogP contribution in [0.1, 0.15) is 24.1 Å². The van der Waals surface area contributed by atoms with Crippen LogP contribution in [0.25, 0.3) is 5.76 Å². The third-order valence-corrected chi connectivity index (χ3v) is 5.70. The molecule has 4 rings (SSSR count). The topological polar surface area (TPSA) is 105 Å². The Morgan fingerprint density at radius 1 is 0.914 bits per heavy atom. The molecule has 1 unspecified atom stereocenters. The molecule has 1 atom stereocenters. The molecular formula is C27H24N2O6. The first-order valence-electron chi connectivity index (χ1n) is 10.8. The van der Waals surface area contributed by atoms with Crippen LogP contribution in [0.2, 0.25) is 0 Å². The van der Waals surface area contributed by atoms with Gasteiger partial charge in [0.2, 0.25) is 5.91 Å². The van der Waals surface area contributed by atoms with Gasteiger partial charge in [-0.05, 0) is 54.1 Å². The van der Waals surface area contributed by atoms with Gasteiger partial charge in [-0.15, -0.1) is 0 Å². The monoisotopic (exact) mass is 472 g/mol. The Morgan fingerprint density at radius 2 is 1.57 bits per heavy atom.